The number of rotatable bonds is 4. The van der Waals surface area contributed by atoms with E-state index < -0.39 is 5.97 Å². The van der Waals surface area contributed by atoms with Gasteiger partial charge in [-0.2, -0.15) is 0 Å². The van der Waals surface area contributed by atoms with Crippen molar-refractivity contribution >= 4 is 29.5 Å². The molecule has 4 nitrogen and oxygen atoms in total. The molecule has 1 N–H and O–H groups in total. The number of para-hydroxylation sites is 1. The molecule has 0 amide bonds. The number of aromatic carboxylic acids is 1. The number of aliphatic imine (C=N–C) groups is 1. The Morgan fingerprint density at radius 3 is 2.61 bits per heavy atom. The normalized spacial score (nSPS) is 11.0. The number of nitrogens with zero attached hydrogens (tertiary/aromatic N) is 2. The molecule has 0 radical (unpaired) electrons. The van der Waals surface area contributed by atoms with Gasteiger partial charge in [0.25, 0.3) is 0 Å². The highest BCUT2D eigenvalue weighted by Gasteiger charge is 2.07. The van der Waals surface area contributed by atoms with E-state index in [0.717, 1.165) is 11.4 Å². The smallest absolute Gasteiger partial charge is 0.335 e. The Labute approximate surface area is 138 Å². The van der Waals surface area contributed by atoms with Gasteiger partial charge >= 0.3 is 5.97 Å². The molecule has 0 saturated heterocycles. The van der Waals surface area contributed by atoms with Crippen LogP contribution in [0.4, 0.5) is 5.69 Å². The van der Waals surface area contributed by atoms with E-state index in [0.29, 0.717) is 10.7 Å². The van der Waals surface area contributed by atoms with Gasteiger partial charge in [-0.15, -0.1) is 0 Å². The molecule has 1 aromatic heterocycles. The molecule has 0 saturated carbocycles. The summed E-state index contributed by atoms with van der Waals surface area (Å²) in [5.41, 5.74) is 2.46. The summed E-state index contributed by atoms with van der Waals surface area (Å²) in [5, 5.41) is 9.45. The second kappa shape index (κ2) is 6.50. The lowest BCUT2D eigenvalue weighted by atomic mass is 10.2. The van der Waals surface area contributed by atoms with E-state index in [2.05, 4.69) is 4.99 Å². The highest BCUT2D eigenvalue weighted by Crippen LogP contribution is 2.26. The Bertz CT molecular complexity index is 870. The fourth-order valence-corrected chi connectivity index (χ4v) is 2.37. The number of aromatic nitrogens is 1. The molecule has 2 aromatic carbocycles. The van der Waals surface area contributed by atoms with E-state index >= 15 is 0 Å². The molecule has 3 aromatic rings. The van der Waals surface area contributed by atoms with E-state index in [1.54, 1.807) is 6.21 Å². The van der Waals surface area contributed by atoms with Crippen LogP contribution in [0.5, 0.6) is 0 Å². The Balaban J connectivity index is 1.95. The number of benzene rings is 2. The molecular formula is C18H13ClN2O2. The Morgan fingerprint density at radius 1 is 1.09 bits per heavy atom. The Hall–Kier alpha value is -2.85. The van der Waals surface area contributed by atoms with Crippen LogP contribution in [0.1, 0.15) is 16.1 Å². The zero-order valence-corrected chi connectivity index (χ0v) is 12.8. The van der Waals surface area contributed by atoms with Gasteiger partial charge in [-0.25, -0.2) is 4.79 Å². The van der Waals surface area contributed by atoms with E-state index in [-0.39, 0.29) is 5.56 Å². The molecule has 0 spiro atoms. The number of carboxylic acid groups (broad SMARTS) is 1. The average molecular weight is 325 g/mol. The van der Waals surface area contributed by atoms with Gasteiger partial charge in [0, 0.05) is 11.9 Å². The maximum atomic E-state index is 11.0. The fourth-order valence-electron chi connectivity index (χ4n) is 2.20. The molecule has 0 unspecified atom stereocenters. The van der Waals surface area contributed by atoms with Crippen LogP contribution in [0.25, 0.3) is 5.69 Å². The maximum absolute atomic E-state index is 11.0. The Morgan fingerprint density at radius 2 is 1.87 bits per heavy atom. The van der Waals surface area contributed by atoms with Crippen LogP contribution in [0, 0.1) is 0 Å². The number of carbonyl (C=O) groups is 1. The maximum Gasteiger partial charge on any atom is 0.335 e. The first kappa shape index (κ1) is 15.1. The lowest BCUT2D eigenvalue weighted by Crippen LogP contribution is -1.97. The van der Waals surface area contributed by atoms with Crippen LogP contribution in [-0.2, 0) is 0 Å². The van der Waals surface area contributed by atoms with Crippen LogP contribution >= 0.6 is 11.6 Å². The van der Waals surface area contributed by atoms with E-state index in [1.807, 2.05) is 53.2 Å². The first-order chi connectivity index (χ1) is 11.1. The second-order valence-electron chi connectivity index (χ2n) is 4.87. The third-order valence-electron chi connectivity index (χ3n) is 3.34. The van der Waals surface area contributed by atoms with Crippen LogP contribution < -0.4 is 0 Å². The zero-order chi connectivity index (χ0) is 16.2. The van der Waals surface area contributed by atoms with Crippen molar-refractivity contribution in [1.82, 2.24) is 4.57 Å². The summed E-state index contributed by atoms with van der Waals surface area (Å²) in [7, 11) is 0. The van der Waals surface area contributed by atoms with Gasteiger partial charge in [0.1, 0.15) is 0 Å². The number of halogens is 1. The minimum Gasteiger partial charge on any atom is -0.478 e. The molecule has 0 aliphatic carbocycles. The van der Waals surface area contributed by atoms with E-state index in [9.17, 15) is 4.79 Å². The third-order valence-corrected chi connectivity index (χ3v) is 3.66. The predicted molar refractivity (Wildman–Crippen MR) is 91.4 cm³/mol. The van der Waals surface area contributed by atoms with Crippen molar-refractivity contribution in [3.8, 4) is 5.69 Å². The minimum absolute atomic E-state index is 0.153. The quantitative estimate of drug-likeness (QED) is 0.714. The SMILES string of the molecule is O=C(O)c1ccc(Cl)c(N=Cc2cccn2-c2ccccc2)c1. The molecule has 114 valence electrons. The van der Waals surface area contributed by atoms with Crippen molar-refractivity contribution < 1.29 is 9.90 Å². The van der Waals surface area contributed by atoms with E-state index in [1.165, 1.54) is 18.2 Å². The molecule has 0 fully saturated rings. The van der Waals surface area contributed by atoms with Crippen LogP contribution in [-0.4, -0.2) is 21.9 Å². The van der Waals surface area contributed by atoms with Gasteiger partial charge in [-0.1, -0.05) is 29.8 Å². The molecule has 3 rings (SSSR count). The molecular weight excluding hydrogens is 312 g/mol. The number of carboxylic acids is 1. The highest BCUT2D eigenvalue weighted by atomic mass is 35.5. The highest BCUT2D eigenvalue weighted by molar-refractivity contribution is 6.33. The molecule has 0 aliphatic rings. The van der Waals surface area contributed by atoms with Crippen molar-refractivity contribution in [2.75, 3.05) is 0 Å². The lowest BCUT2D eigenvalue weighted by Gasteiger charge is -2.06. The van der Waals surface area contributed by atoms with Crippen LogP contribution in [0.3, 0.4) is 0 Å². The van der Waals surface area contributed by atoms with Gasteiger partial charge in [0.2, 0.25) is 0 Å². The topological polar surface area (TPSA) is 54.6 Å². The number of hydrogen-bond acceptors (Lipinski definition) is 2. The van der Waals surface area contributed by atoms with Gasteiger partial charge in [-0.3, -0.25) is 4.99 Å². The lowest BCUT2D eigenvalue weighted by molar-refractivity contribution is 0.0697. The summed E-state index contributed by atoms with van der Waals surface area (Å²) in [5.74, 6) is -1.01. The fraction of sp³-hybridized carbons (Fsp3) is 0. The summed E-state index contributed by atoms with van der Waals surface area (Å²) in [6.07, 6.45) is 3.60. The third kappa shape index (κ3) is 3.33. The largest absolute Gasteiger partial charge is 0.478 e. The predicted octanol–water partition coefficient (Wildman–Crippen LogP) is 4.58. The van der Waals surface area contributed by atoms with Crippen LogP contribution in [0.2, 0.25) is 5.02 Å². The van der Waals surface area contributed by atoms with Crippen molar-refractivity contribution in [2.45, 2.75) is 0 Å². The average Bonchev–Trinajstić information content (AvgIpc) is 3.03. The zero-order valence-electron chi connectivity index (χ0n) is 12.1. The number of hydrogen-bond donors (Lipinski definition) is 1. The molecule has 0 atom stereocenters. The van der Waals surface area contributed by atoms with Gasteiger partial charge < -0.3 is 9.67 Å². The standard InChI is InChI=1S/C18H13ClN2O2/c19-16-9-8-13(18(22)23)11-17(16)20-12-15-7-4-10-21(15)14-5-2-1-3-6-14/h1-12H,(H,22,23). The first-order valence-electron chi connectivity index (χ1n) is 6.95. The van der Waals surface area contributed by atoms with E-state index in [4.69, 9.17) is 16.7 Å². The summed E-state index contributed by atoms with van der Waals surface area (Å²) < 4.78 is 1.98. The monoisotopic (exact) mass is 324 g/mol. The summed E-state index contributed by atoms with van der Waals surface area (Å²) in [6.45, 7) is 0. The molecule has 1 heterocycles. The van der Waals surface area contributed by atoms with Gasteiger partial charge in [0.15, 0.2) is 0 Å². The first-order valence-corrected chi connectivity index (χ1v) is 7.32. The Kier molecular flexibility index (Phi) is 4.26. The molecule has 0 bridgehead atoms. The van der Waals surface area contributed by atoms with Crippen LogP contribution in [0.15, 0.2) is 71.9 Å². The molecule has 5 heteroatoms. The van der Waals surface area contributed by atoms with Crippen molar-refractivity contribution in [2.24, 2.45) is 4.99 Å². The summed E-state index contributed by atoms with van der Waals surface area (Å²) >= 11 is 6.08. The second-order valence-corrected chi connectivity index (χ2v) is 5.28. The van der Waals surface area contributed by atoms with Crippen molar-refractivity contribution in [3.63, 3.8) is 0 Å². The van der Waals surface area contributed by atoms with Crippen molar-refractivity contribution in [3.05, 3.63) is 83.1 Å². The molecule has 23 heavy (non-hydrogen) atoms. The van der Waals surface area contributed by atoms with Crippen molar-refractivity contribution in [1.29, 1.82) is 0 Å². The summed E-state index contributed by atoms with van der Waals surface area (Å²) in [6, 6.07) is 18.2. The minimum atomic E-state index is -1.01. The van der Waals surface area contributed by atoms with Gasteiger partial charge in [-0.05, 0) is 42.5 Å². The molecule has 0 aliphatic heterocycles. The summed E-state index contributed by atoms with van der Waals surface area (Å²) in [4.78, 5) is 15.4. The van der Waals surface area contributed by atoms with Gasteiger partial charge in [0.05, 0.1) is 28.2 Å².